The molecule has 0 spiro atoms. The van der Waals surface area contributed by atoms with Crippen LogP contribution >= 0.6 is 0 Å². The lowest BCUT2D eigenvalue weighted by atomic mass is 9.93. The highest BCUT2D eigenvalue weighted by molar-refractivity contribution is 6.10. The van der Waals surface area contributed by atoms with E-state index in [1.54, 1.807) is 0 Å². The van der Waals surface area contributed by atoms with Crippen LogP contribution in [-0.2, 0) is 0 Å². The Morgan fingerprint density at radius 2 is 0.864 bits per heavy atom. The maximum Gasteiger partial charge on any atom is 0.160 e. The van der Waals surface area contributed by atoms with Gasteiger partial charge in [0, 0.05) is 50.2 Å². The van der Waals surface area contributed by atoms with Gasteiger partial charge in [0.1, 0.15) is 0 Å². The maximum atomic E-state index is 5.10. The van der Waals surface area contributed by atoms with Gasteiger partial charge >= 0.3 is 0 Å². The van der Waals surface area contributed by atoms with Gasteiger partial charge in [-0.25, -0.2) is 9.97 Å². The third-order valence-corrected chi connectivity index (χ3v) is 12.7. The fraction of sp³-hybridized carbons (Fsp3) is 0.0645. The molecule has 66 heavy (non-hydrogen) atoms. The van der Waals surface area contributed by atoms with Crippen LogP contribution in [0.3, 0.4) is 0 Å². The Bertz CT molecular complexity index is 3430. The van der Waals surface area contributed by atoms with E-state index in [1.807, 2.05) is 0 Å². The zero-order valence-electron chi connectivity index (χ0n) is 37.6. The third-order valence-electron chi connectivity index (χ3n) is 12.7. The predicted octanol–water partition coefficient (Wildman–Crippen LogP) is 16.6. The summed E-state index contributed by atoms with van der Waals surface area (Å²) in [5.74, 6) is 0.727. The van der Waals surface area contributed by atoms with Gasteiger partial charge in [-0.05, 0) is 140 Å². The van der Waals surface area contributed by atoms with Crippen LogP contribution in [0.4, 0.5) is 17.1 Å². The van der Waals surface area contributed by atoms with Gasteiger partial charge in [0.2, 0.25) is 0 Å². The molecule has 11 rings (SSSR count). The number of para-hydroxylation sites is 3. The van der Waals surface area contributed by atoms with E-state index >= 15 is 0 Å². The van der Waals surface area contributed by atoms with E-state index < -0.39 is 0 Å². The van der Waals surface area contributed by atoms with Gasteiger partial charge in [-0.2, -0.15) is 0 Å². The number of aromatic nitrogens is 3. The molecule has 0 saturated heterocycles. The first-order valence-electron chi connectivity index (χ1n) is 22.6. The summed E-state index contributed by atoms with van der Waals surface area (Å²) >= 11 is 0. The number of fused-ring (bicyclic) bond motifs is 3. The lowest BCUT2D eigenvalue weighted by Gasteiger charge is -2.25. The van der Waals surface area contributed by atoms with Crippen LogP contribution in [0.25, 0.3) is 83.6 Å². The van der Waals surface area contributed by atoms with Crippen LogP contribution in [0.2, 0.25) is 0 Å². The minimum Gasteiger partial charge on any atom is -0.310 e. The minimum atomic E-state index is 0.727. The SMILES string of the molecule is Cc1cccc(-c2cc(-c3ccc(-c4ccc(-c5c(C)cc(-n6c7ccccc7c7cc(N(c8ccccc8)c8ccccc8)ccc76)cc5C)cc4)cc3)nc(-c3cccc(C)c3)n2)c1. The van der Waals surface area contributed by atoms with Crippen molar-refractivity contribution in [3.8, 4) is 61.8 Å². The molecule has 0 unspecified atom stereocenters. The molecule has 9 aromatic carbocycles. The van der Waals surface area contributed by atoms with E-state index in [-0.39, 0.29) is 0 Å². The fourth-order valence-corrected chi connectivity index (χ4v) is 9.63. The van der Waals surface area contributed by atoms with Crippen molar-refractivity contribution in [1.82, 2.24) is 14.5 Å². The van der Waals surface area contributed by atoms with Crippen molar-refractivity contribution in [2.24, 2.45) is 0 Å². The lowest BCUT2D eigenvalue weighted by molar-refractivity contribution is 1.16. The average Bonchev–Trinajstić information content (AvgIpc) is 3.68. The number of hydrogen-bond acceptors (Lipinski definition) is 3. The zero-order valence-corrected chi connectivity index (χ0v) is 37.6. The molecule has 0 aliphatic heterocycles. The average molecular weight is 849 g/mol. The second-order valence-electron chi connectivity index (χ2n) is 17.4. The molecule has 0 aliphatic rings. The third kappa shape index (κ3) is 7.63. The van der Waals surface area contributed by atoms with Crippen molar-refractivity contribution in [1.29, 1.82) is 0 Å². The van der Waals surface area contributed by atoms with E-state index in [9.17, 15) is 0 Å². The Hall–Kier alpha value is -8.34. The number of rotatable bonds is 9. The highest BCUT2D eigenvalue weighted by Crippen LogP contribution is 2.41. The van der Waals surface area contributed by atoms with E-state index in [4.69, 9.17) is 9.97 Å². The lowest BCUT2D eigenvalue weighted by Crippen LogP contribution is -2.09. The molecule has 0 N–H and O–H groups in total. The maximum absolute atomic E-state index is 5.10. The summed E-state index contributed by atoms with van der Waals surface area (Å²) in [6.45, 7) is 8.70. The van der Waals surface area contributed by atoms with Crippen molar-refractivity contribution in [2.45, 2.75) is 27.7 Å². The molecular formula is C62H48N4. The standard InChI is InChI=1S/C62H48N4/c1-41-15-13-17-49(35-41)58-40-57(63-62(64-58)50-18-14-16-42(2)36-50)47-29-25-45(26-30-47)46-27-31-48(32-28-46)61-43(3)37-54(38-44(61)4)66-59-24-12-11-23-55(59)56-39-53(33-34-60(56)66)65(51-19-7-5-8-20-51)52-21-9-6-10-22-52/h5-40H,1-4H3. The first kappa shape index (κ1) is 40.4. The van der Waals surface area contributed by atoms with Crippen LogP contribution in [-0.4, -0.2) is 14.5 Å². The fourth-order valence-electron chi connectivity index (χ4n) is 9.63. The second-order valence-corrected chi connectivity index (χ2v) is 17.4. The second kappa shape index (κ2) is 17.0. The smallest absolute Gasteiger partial charge is 0.160 e. The summed E-state index contributed by atoms with van der Waals surface area (Å²) in [7, 11) is 0. The van der Waals surface area contributed by atoms with E-state index in [1.165, 1.54) is 60.8 Å². The predicted molar refractivity (Wildman–Crippen MR) is 277 cm³/mol. The molecule has 316 valence electrons. The molecule has 0 fully saturated rings. The van der Waals surface area contributed by atoms with E-state index in [2.05, 4.69) is 256 Å². The number of nitrogens with zero attached hydrogens (tertiary/aromatic N) is 4. The van der Waals surface area contributed by atoms with Gasteiger partial charge in [0.15, 0.2) is 5.82 Å². The normalized spacial score (nSPS) is 11.3. The first-order valence-corrected chi connectivity index (χ1v) is 22.6. The van der Waals surface area contributed by atoms with E-state index in [0.29, 0.717) is 0 Å². The topological polar surface area (TPSA) is 34.0 Å². The van der Waals surface area contributed by atoms with Crippen LogP contribution in [0.1, 0.15) is 22.3 Å². The molecular weight excluding hydrogens is 801 g/mol. The molecule has 0 bridgehead atoms. The van der Waals surface area contributed by atoms with Gasteiger partial charge in [0.05, 0.1) is 22.4 Å². The van der Waals surface area contributed by atoms with Crippen LogP contribution in [0.5, 0.6) is 0 Å². The summed E-state index contributed by atoms with van der Waals surface area (Å²) < 4.78 is 2.43. The summed E-state index contributed by atoms with van der Waals surface area (Å²) in [6, 6.07) is 78.4. The molecule has 4 heteroatoms. The van der Waals surface area contributed by atoms with Crippen molar-refractivity contribution >= 4 is 38.9 Å². The molecule has 0 atom stereocenters. The number of benzene rings is 9. The molecule has 0 aliphatic carbocycles. The quantitative estimate of drug-likeness (QED) is 0.145. The van der Waals surface area contributed by atoms with Crippen molar-refractivity contribution in [3.63, 3.8) is 0 Å². The Balaban J connectivity index is 0.903. The minimum absolute atomic E-state index is 0.727. The van der Waals surface area contributed by atoms with Gasteiger partial charge in [0.25, 0.3) is 0 Å². The molecule has 2 heterocycles. The monoisotopic (exact) mass is 848 g/mol. The molecule has 0 radical (unpaired) electrons. The highest BCUT2D eigenvalue weighted by atomic mass is 15.1. The molecule has 0 saturated carbocycles. The first-order chi connectivity index (χ1) is 32.3. The van der Waals surface area contributed by atoms with Crippen molar-refractivity contribution in [2.75, 3.05) is 4.90 Å². The van der Waals surface area contributed by atoms with Gasteiger partial charge in [-0.1, -0.05) is 151 Å². The largest absolute Gasteiger partial charge is 0.310 e. The Morgan fingerprint density at radius 3 is 1.48 bits per heavy atom. The summed E-state index contributed by atoms with van der Waals surface area (Å²) in [4.78, 5) is 12.5. The summed E-state index contributed by atoms with van der Waals surface area (Å²) in [6.07, 6.45) is 0. The zero-order chi connectivity index (χ0) is 44.7. The highest BCUT2D eigenvalue weighted by Gasteiger charge is 2.19. The van der Waals surface area contributed by atoms with Gasteiger partial charge in [-0.3, -0.25) is 0 Å². The molecule has 2 aromatic heterocycles. The summed E-state index contributed by atoms with van der Waals surface area (Å²) in [5, 5.41) is 2.45. The van der Waals surface area contributed by atoms with Gasteiger partial charge in [-0.15, -0.1) is 0 Å². The van der Waals surface area contributed by atoms with Crippen molar-refractivity contribution < 1.29 is 0 Å². The summed E-state index contributed by atoms with van der Waals surface area (Å²) in [5.41, 5.74) is 21.5. The Morgan fingerprint density at radius 1 is 0.348 bits per heavy atom. The van der Waals surface area contributed by atoms with Crippen LogP contribution < -0.4 is 4.90 Å². The van der Waals surface area contributed by atoms with Gasteiger partial charge < -0.3 is 9.47 Å². The molecule has 11 aromatic rings. The molecule has 0 amide bonds. The number of aryl methyl sites for hydroxylation is 4. The Labute approximate surface area is 386 Å². The van der Waals surface area contributed by atoms with Crippen molar-refractivity contribution in [3.05, 3.63) is 241 Å². The van der Waals surface area contributed by atoms with E-state index in [0.717, 1.165) is 62.2 Å². The number of anilines is 3. The van der Waals surface area contributed by atoms with Crippen LogP contribution in [0, 0.1) is 27.7 Å². The number of hydrogen-bond donors (Lipinski definition) is 0. The Kier molecular flexibility index (Phi) is 10.4. The molecule has 4 nitrogen and oxygen atoms in total. The van der Waals surface area contributed by atoms with Crippen LogP contribution in [0.15, 0.2) is 218 Å².